The van der Waals surface area contributed by atoms with E-state index in [4.69, 9.17) is 0 Å². The average molecular weight is 287 g/mol. The minimum Gasteiger partial charge on any atom is -0.310 e. The maximum Gasteiger partial charge on any atom is 0.123 e. The molecule has 0 saturated heterocycles. The first kappa shape index (κ1) is 14.3. The van der Waals surface area contributed by atoms with E-state index in [1.165, 1.54) is 24.5 Å². The van der Waals surface area contributed by atoms with Crippen molar-refractivity contribution in [3.63, 3.8) is 0 Å². The van der Waals surface area contributed by atoms with Gasteiger partial charge in [0.05, 0.1) is 11.4 Å². The molecule has 0 unspecified atom stereocenters. The predicted molar refractivity (Wildman–Crippen MR) is 82.2 cm³/mol. The summed E-state index contributed by atoms with van der Waals surface area (Å²) in [5, 5.41) is 8.11. The molecule has 1 N–H and O–H groups in total. The molecule has 1 aliphatic carbocycles. The van der Waals surface area contributed by atoms with Gasteiger partial charge in [0.2, 0.25) is 0 Å². The molecule has 21 heavy (non-hydrogen) atoms. The highest BCUT2D eigenvalue weighted by atomic mass is 19.1. The second-order valence-electron chi connectivity index (χ2n) is 5.84. The number of aromatic nitrogens is 2. The third-order valence-corrected chi connectivity index (χ3v) is 4.22. The van der Waals surface area contributed by atoms with Crippen molar-refractivity contribution in [2.75, 3.05) is 0 Å². The molecule has 1 aliphatic rings. The van der Waals surface area contributed by atoms with Crippen LogP contribution in [-0.4, -0.2) is 15.8 Å². The molecule has 112 valence electrons. The van der Waals surface area contributed by atoms with Gasteiger partial charge in [-0.3, -0.25) is 0 Å². The van der Waals surface area contributed by atoms with E-state index in [0.29, 0.717) is 12.6 Å². The third-order valence-electron chi connectivity index (χ3n) is 4.22. The van der Waals surface area contributed by atoms with E-state index in [9.17, 15) is 4.39 Å². The van der Waals surface area contributed by atoms with Crippen LogP contribution in [0.4, 0.5) is 4.39 Å². The monoisotopic (exact) mass is 287 g/mol. The van der Waals surface area contributed by atoms with Gasteiger partial charge in [0.1, 0.15) is 5.82 Å². The van der Waals surface area contributed by atoms with Gasteiger partial charge in [0.25, 0.3) is 0 Å². The van der Waals surface area contributed by atoms with Gasteiger partial charge in [-0.15, -0.1) is 0 Å². The molecule has 2 aromatic rings. The van der Waals surface area contributed by atoms with Crippen LogP contribution in [0, 0.1) is 19.7 Å². The molecule has 1 aromatic carbocycles. The Bertz CT molecular complexity index is 656. The van der Waals surface area contributed by atoms with Crippen LogP contribution in [0.25, 0.3) is 5.69 Å². The summed E-state index contributed by atoms with van der Waals surface area (Å²) >= 11 is 0. The summed E-state index contributed by atoms with van der Waals surface area (Å²) in [4.78, 5) is 0. The smallest absolute Gasteiger partial charge is 0.123 e. The Kier molecular flexibility index (Phi) is 3.81. The highest BCUT2D eigenvalue weighted by Gasteiger charge is 2.21. The normalized spacial score (nSPS) is 14.7. The summed E-state index contributed by atoms with van der Waals surface area (Å²) in [5.74, 6) is -0.191. The number of nitrogens with one attached hydrogen (secondary N) is 1. The lowest BCUT2D eigenvalue weighted by Crippen LogP contribution is -2.17. The molecule has 0 spiro atoms. The maximum atomic E-state index is 13.6. The zero-order chi connectivity index (χ0) is 15.0. The van der Waals surface area contributed by atoms with Crippen molar-refractivity contribution in [1.82, 2.24) is 15.1 Å². The number of nitrogens with zero attached hydrogens (tertiary/aromatic N) is 2. The SMILES string of the molecule is CCc1c(C)nn(-c2ccc(F)cc2CNC2CC2)c1C. The van der Waals surface area contributed by atoms with Gasteiger partial charge < -0.3 is 5.32 Å². The number of hydrogen-bond acceptors (Lipinski definition) is 2. The molecule has 0 radical (unpaired) electrons. The van der Waals surface area contributed by atoms with Crippen molar-refractivity contribution in [3.8, 4) is 5.69 Å². The lowest BCUT2D eigenvalue weighted by molar-refractivity contribution is 0.616. The molecule has 1 fully saturated rings. The molecule has 0 bridgehead atoms. The Labute approximate surface area is 125 Å². The van der Waals surface area contributed by atoms with Crippen LogP contribution in [0.5, 0.6) is 0 Å². The van der Waals surface area contributed by atoms with Crippen molar-refractivity contribution in [2.24, 2.45) is 0 Å². The first-order valence-corrected chi connectivity index (χ1v) is 7.67. The fraction of sp³-hybridized carbons (Fsp3) is 0.471. The summed E-state index contributed by atoms with van der Waals surface area (Å²) in [6, 6.07) is 5.57. The van der Waals surface area contributed by atoms with Gasteiger partial charge in [-0.1, -0.05) is 6.92 Å². The Morgan fingerprint density at radius 2 is 2.10 bits per heavy atom. The van der Waals surface area contributed by atoms with Gasteiger partial charge in [-0.05, 0) is 62.4 Å². The van der Waals surface area contributed by atoms with E-state index < -0.39 is 0 Å². The van der Waals surface area contributed by atoms with Crippen LogP contribution < -0.4 is 5.32 Å². The molecule has 0 amide bonds. The van der Waals surface area contributed by atoms with Gasteiger partial charge in [-0.25, -0.2) is 9.07 Å². The Balaban J connectivity index is 2.00. The lowest BCUT2D eigenvalue weighted by atomic mass is 10.1. The highest BCUT2D eigenvalue weighted by molar-refractivity contribution is 5.44. The molecule has 4 heteroatoms. The van der Waals surface area contributed by atoms with Gasteiger partial charge in [-0.2, -0.15) is 5.10 Å². The van der Waals surface area contributed by atoms with Gasteiger partial charge in [0, 0.05) is 18.3 Å². The van der Waals surface area contributed by atoms with E-state index in [1.807, 2.05) is 17.7 Å². The summed E-state index contributed by atoms with van der Waals surface area (Å²) < 4.78 is 15.6. The van der Waals surface area contributed by atoms with Crippen molar-refractivity contribution < 1.29 is 4.39 Å². The van der Waals surface area contributed by atoms with Gasteiger partial charge >= 0.3 is 0 Å². The highest BCUT2D eigenvalue weighted by Crippen LogP contribution is 2.24. The average Bonchev–Trinajstić information content (AvgIpc) is 3.23. The van der Waals surface area contributed by atoms with E-state index in [0.717, 1.165) is 29.1 Å². The lowest BCUT2D eigenvalue weighted by Gasteiger charge is -2.12. The summed E-state index contributed by atoms with van der Waals surface area (Å²) in [6.07, 6.45) is 3.42. The molecule has 1 aromatic heterocycles. The van der Waals surface area contributed by atoms with Gasteiger partial charge in [0.15, 0.2) is 0 Å². The molecule has 1 heterocycles. The van der Waals surface area contributed by atoms with Crippen molar-refractivity contribution in [1.29, 1.82) is 0 Å². The number of hydrogen-bond donors (Lipinski definition) is 1. The van der Waals surface area contributed by atoms with E-state index in [2.05, 4.69) is 24.3 Å². The number of aryl methyl sites for hydroxylation is 1. The second kappa shape index (κ2) is 5.60. The molecule has 3 nitrogen and oxygen atoms in total. The van der Waals surface area contributed by atoms with Crippen LogP contribution >= 0.6 is 0 Å². The molecule has 1 saturated carbocycles. The van der Waals surface area contributed by atoms with Crippen molar-refractivity contribution >= 4 is 0 Å². The van der Waals surface area contributed by atoms with Crippen molar-refractivity contribution in [2.45, 2.75) is 52.6 Å². The minimum atomic E-state index is -0.191. The fourth-order valence-electron chi connectivity index (χ4n) is 2.87. The molecular weight excluding hydrogens is 265 g/mol. The topological polar surface area (TPSA) is 29.9 Å². The second-order valence-corrected chi connectivity index (χ2v) is 5.84. The maximum absolute atomic E-state index is 13.6. The number of benzene rings is 1. The summed E-state index contributed by atoms with van der Waals surface area (Å²) in [6.45, 7) is 6.95. The Morgan fingerprint density at radius 1 is 1.33 bits per heavy atom. The van der Waals surface area contributed by atoms with E-state index in [1.54, 1.807) is 6.07 Å². The Hall–Kier alpha value is -1.68. The zero-order valence-electron chi connectivity index (χ0n) is 12.9. The predicted octanol–water partition coefficient (Wildman–Crippen LogP) is 3.44. The quantitative estimate of drug-likeness (QED) is 0.913. The molecule has 0 atom stereocenters. The zero-order valence-corrected chi connectivity index (χ0v) is 12.9. The van der Waals surface area contributed by atoms with Crippen molar-refractivity contribution in [3.05, 3.63) is 46.5 Å². The summed E-state index contributed by atoms with van der Waals surface area (Å²) in [5.41, 5.74) is 5.43. The van der Waals surface area contributed by atoms with Crippen LogP contribution in [0.15, 0.2) is 18.2 Å². The third kappa shape index (κ3) is 2.86. The number of rotatable bonds is 5. The molecule has 0 aliphatic heterocycles. The van der Waals surface area contributed by atoms with Crippen LogP contribution in [-0.2, 0) is 13.0 Å². The Morgan fingerprint density at radius 3 is 2.71 bits per heavy atom. The van der Waals surface area contributed by atoms with Crippen LogP contribution in [0.2, 0.25) is 0 Å². The van der Waals surface area contributed by atoms with E-state index in [-0.39, 0.29) is 5.82 Å². The standard InChI is InChI=1S/C17H22FN3/c1-4-16-11(2)20-21(12(16)3)17-8-5-14(18)9-13(17)10-19-15-6-7-15/h5,8-9,15,19H,4,6-7,10H2,1-3H3. The molecular formula is C17H22FN3. The fourth-order valence-corrected chi connectivity index (χ4v) is 2.87. The van der Waals surface area contributed by atoms with Crippen LogP contribution in [0.3, 0.4) is 0 Å². The largest absolute Gasteiger partial charge is 0.310 e. The number of halogens is 1. The first-order valence-electron chi connectivity index (χ1n) is 7.67. The first-order chi connectivity index (χ1) is 10.1. The van der Waals surface area contributed by atoms with E-state index >= 15 is 0 Å². The molecule has 3 rings (SSSR count). The minimum absolute atomic E-state index is 0.191. The van der Waals surface area contributed by atoms with Crippen LogP contribution in [0.1, 0.15) is 42.3 Å². The summed E-state index contributed by atoms with van der Waals surface area (Å²) in [7, 11) is 0.